The van der Waals surface area contributed by atoms with E-state index in [0.717, 1.165) is 17.3 Å². The van der Waals surface area contributed by atoms with Crippen LogP contribution in [0, 0.1) is 0 Å². The summed E-state index contributed by atoms with van der Waals surface area (Å²) in [6, 6.07) is 3.54. The summed E-state index contributed by atoms with van der Waals surface area (Å²) in [5, 5.41) is 0. The fourth-order valence-electron chi connectivity index (χ4n) is 2.48. The Labute approximate surface area is 120 Å². The quantitative estimate of drug-likeness (QED) is 0.784. The molecule has 1 saturated heterocycles. The van der Waals surface area contributed by atoms with Gasteiger partial charge in [-0.2, -0.15) is 0 Å². The van der Waals surface area contributed by atoms with Crippen LogP contribution < -0.4 is 9.47 Å². The predicted octanol–water partition coefficient (Wildman–Crippen LogP) is 2.97. The Balaban J connectivity index is 1.98. The highest BCUT2D eigenvalue weighted by Gasteiger charge is 2.39. The van der Waals surface area contributed by atoms with Crippen molar-refractivity contribution in [3.8, 4) is 11.5 Å². The summed E-state index contributed by atoms with van der Waals surface area (Å²) >= 11 is 3.44. The summed E-state index contributed by atoms with van der Waals surface area (Å²) in [5.41, 5.74) is -0.125. The van der Waals surface area contributed by atoms with Crippen molar-refractivity contribution in [1.29, 1.82) is 0 Å². The van der Waals surface area contributed by atoms with Gasteiger partial charge >= 0.3 is 0 Å². The fourth-order valence-corrected chi connectivity index (χ4v) is 2.98. The van der Waals surface area contributed by atoms with Crippen molar-refractivity contribution in [2.75, 3.05) is 19.8 Å². The van der Waals surface area contributed by atoms with E-state index in [1.165, 1.54) is 0 Å². The monoisotopic (exact) mass is 326 g/mol. The van der Waals surface area contributed by atoms with Gasteiger partial charge in [0.15, 0.2) is 17.3 Å². The van der Waals surface area contributed by atoms with Crippen LogP contribution in [0.5, 0.6) is 11.5 Å². The SMILES string of the molecule is CC1(C(=O)c2cc3c(cc2Br)OCCO3)CCCO1. The Kier molecular flexibility index (Phi) is 3.27. The van der Waals surface area contributed by atoms with E-state index in [4.69, 9.17) is 14.2 Å². The average molecular weight is 327 g/mol. The van der Waals surface area contributed by atoms with Crippen molar-refractivity contribution in [3.05, 3.63) is 22.2 Å². The van der Waals surface area contributed by atoms with Crippen LogP contribution in [0.1, 0.15) is 30.1 Å². The molecule has 0 aliphatic carbocycles. The number of rotatable bonds is 2. The van der Waals surface area contributed by atoms with E-state index in [-0.39, 0.29) is 5.78 Å². The minimum absolute atomic E-state index is 0.00570. The zero-order valence-corrected chi connectivity index (χ0v) is 12.3. The van der Waals surface area contributed by atoms with Gasteiger partial charge in [0.2, 0.25) is 0 Å². The highest BCUT2D eigenvalue weighted by molar-refractivity contribution is 9.10. The van der Waals surface area contributed by atoms with E-state index in [2.05, 4.69) is 15.9 Å². The minimum Gasteiger partial charge on any atom is -0.486 e. The predicted molar refractivity (Wildman–Crippen MR) is 73.1 cm³/mol. The normalized spacial score (nSPS) is 25.4. The summed E-state index contributed by atoms with van der Waals surface area (Å²) in [4.78, 5) is 12.6. The smallest absolute Gasteiger partial charge is 0.195 e. The second-order valence-electron chi connectivity index (χ2n) is 4.99. The molecular formula is C14H15BrO4. The second-order valence-corrected chi connectivity index (χ2v) is 5.84. The number of hydrogen-bond donors (Lipinski definition) is 0. The van der Waals surface area contributed by atoms with E-state index >= 15 is 0 Å². The molecule has 0 saturated carbocycles. The van der Waals surface area contributed by atoms with E-state index in [1.807, 2.05) is 6.92 Å². The number of carbonyl (C=O) groups is 1. The molecule has 102 valence electrons. The Bertz CT molecular complexity index is 520. The van der Waals surface area contributed by atoms with Crippen LogP contribution in [-0.4, -0.2) is 31.2 Å². The molecule has 0 aromatic heterocycles. The number of ether oxygens (including phenoxy) is 3. The number of halogens is 1. The Morgan fingerprint density at radius 1 is 1.21 bits per heavy atom. The van der Waals surface area contributed by atoms with Gasteiger partial charge in [0.05, 0.1) is 0 Å². The molecule has 5 heteroatoms. The number of hydrogen-bond acceptors (Lipinski definition) is 4. The minimum atomic E-state index is -0.716. The summed E-state index contributed by atoms with van der Waals surface area (Å²) in [5.74, 6) is 1.29. The van der Waals surface area contributed by atoms with Gasteiger partial charge in [0.1, 0.15) is 18.8 Å². The van der Waals surface area contributed by atoms with Crippen molar-refractivity contribution in [2.24, 2.45) is 0 Å². The van der Waals surface area contributed by atoms with Gasteiger partial charge in [-0.15, -0.1) is 0 Å². The highest BCUT2D eigenvalue weighted by atomic mass is 79.9. The number of carbonyl (C=O) groups excluding carboxylic acids is 1. The van der Waals surface area contributed by atoms with Gasteiger partial charge < -0.3 is 14.2 Å². The van der Waals surface area contributed by atoms with Crippen LogP contribution in [0.4, 0.5) is 0 Å². The zero-order chi connectivity index (χ0) is 13.5. The Morgan fingerprint density at radius 2 is 1.89 bits per heavy atom. The maximum atomic E-state index is 12.6. The maximum Gasteiger partial charge on any atom is 0.195 e. The molecule has 0 N–H and O–H groups in total. The third-order valence-electron chi connectivity index (χ3n) is 3.58. The summed E-state index contributed by atoms with van der Waals surface area (Å²) in [6.45, 7) is 3.54. The Hall–Kier alpha value is -1.07. The fraction of sp³-hybridized carbons (Fsp3) is 0.500. The molecule has 2 aliphatic rings. The van der Waals surface area contributed by atoms with Gasteiger partial charge in [-0.3, -0.25) is 4.79 Å². The molecule has 19 heavy (non-hydrogen) atoms. The molecule has 2 aliphatic heterocycles. The van der Waals surface area contributed by atoms with Crippen LogP contribution in [0.15, 0.2) is 16.6 Å². The lowest BCUT2D eigenvalue weighted by Crippen LogP contribution is -2.34. The third kappa shape index (κ3) is 2.25. The molecule has 1 aromatic rings. The van der Waals surface area contributed by atoms with Gasteiger partial charge in [-0.05, 0) is 47.8 Å². The molecule has 0 spiro atoms. The molecule has 1 aromatic carbocycles. The van der Waals surface area contributed by atoms with E-state index in [9.17, 15) is 4.79 Å². The standard InChI is InChI=1S/C14H15BrO4/c1-14(3-2-4-19-14)13(16)9-7-11-12(8-10(9)15)18-6-5-17-11/h7-8H,2-6H2,1H3. The molecule has 3 rings (SSSR count). The molecule has 1 fully saturated rings. The van der Waals surface area contributed by atoms with Crippen molar-refractivity contribution < 1.29 is 19.0 Å². The first kappa shape index (κ1) is 12.9. The lowest BCUT2D eigenvalue weighted by molar-refractivity contribution is 0.0212. The highest BCUT2D eigenvalue weighted by Crippen LogP contribution is 2.38. The number of fused-ring (bicyclic) bond motifs is 1. The second kappa shape index (κ2) is 4.80. The van der Waals surface area contributed by atoms with Crippen LogP contribution in [-0.2, 0) is 4.74 Å². The third-order valence-corrected chi connectivity index (χ3v) is 4.23. The van der Waals surface area contributed by atoms with Crippen LogP contribution in [0.25, 0.3) is 0 Å². The molecule has 0 bridgehead atoms. The maximum absolute atomic E-state index is 12.6. The van der Waals surface area contributed by atoms with Crippen LogP contribution >= 0.6 is 15.9 Å². The van der Waals surface area contributed by atoms with Crippen LogP contribution in [0.3, 0.4) is 0 Å². The number of benzene rings is 1. The summed E-state index contributed by atoms with van der Waals surface area (Å²) < 4.78 is 17.4. The molecule has 2 heterocycles. The molecule has 1 unspecified atom stereocenters. The average Bonchev–Trinajstić information content (AvgIpc) is 2.85. The number of ketones is 1. The van der Waals surface area contributed by atoms with Gasteiger partial charge in [0, 0.05) is 16.6 Å². The molecule has 0 amide bonds. The zero-order valence-electron chi connectivity index (χ0n) is 10.7. The van der Waals surface area contributed by atoms with Gasteiger partial charge in [-0.1, -0.05) is 0 Å². The largest absolute Gasteiger partial charge is 0.486 e. The lowest BCUT2D eigenvalue weighted by Gasteiger charge is -2.24. The molecular weight excluding hydrogens is 312 g/mol. The molecule has 1 atom stereocenters. The van der Waals surface area contributed by atoms with Gasteiger partial charge in [-0.25, -0.2) is 0 Å². The van der Waals surface area contributed by atoms with Crippen molar-refractivity contribution in [3.63, 3.8) is 0 Å². The number of Topliss-reactive ketones (excluding diaryl/α,β-unsaturated/α-hetero) is 1. The Morgan fingerprint density at radius 3 is 2.53 bits per heavy atom. The van der Waals surface area contributed by atoms with Crippen LogP contribution in [0.2, 0.25) is 0 Å². The topological polar surface area (TPSA) is 44.8 Å². The first-order valence-corrected chi connectivity index (χ1v) is 7.17. The van der Waals surface area contributed by atoms with E-state index in [1.54, 1.807) is 12.1 Å². The van der Waals surface area contributed by atoms with Crippen molar-refractivity contribution in [2.45, 2.75) is 25.4 Å². The first-order valence-electron chi connectivity index (χ1n) is 6.38. The van der Waals surface area contributed by atoms with Crippen molar-refractivity contribution in [1.82, 2.24) is 0 Å². The molecule has 0 radical (unpaired) electrons. The van der Waals surface area contributed by atoms with Crippen molar-refractivity contribution >= 4 is 21.7 Å². The summed E-state index contributed by atoms with van der Waals surface area (Å²) in [7, 11) is 0. The van der Waals surface area contributed by atoms with E-state index in [0.29, 0.717) is 36.9 Å². The van der Waals surface area contributed by atoms with Gasteiger partial charge in [0.25, 0.3) is 0 Å². The van der Waals surface area contributed by atoms with E-state index < -0.39 is 5.60 Å². The first-order chi connectivity index (χ1) is 9.10. The lowest BCUT2D eigenvalue weighted by atomic mass is 9.92. The molecule has 4 nitrogen and oxygen atoms in total. The summed E-state index contributed by atoms with van der Waals surface area (Å²) in [6.07, 6.45) is 1.68.